The Kier molecular flexibility index (Phi) is 5.96. The number of carbonyl (C=O) groups excluding carboxylic acids is 2. The SMILES string of the molecule is COC(=O)C(CC(C)C)NC(=O)c1cccnc1OC. The lowest BCUT2D eigenvalue weighted by Gasteiger charge is -2.18. The molecule has 0 fully saturated rings. The van der Waals surface area contributed by atoms with Crippen molar-refractivity contribution in [2.45, 2.75) is 26.3 Å². The fourth-order valence-electron chi connectivity index (χ4n) is 1.79. The van der Waals surface area contributed by atoms with Crippen molar-refractivity contribution in [1.29, 1.82) is 0 Å². The van der Waals surface area contributed by atoms with E-state index in [9.17, 15) is 9.59 Å². The van der Waals surface area contributed by atoms with Gasteiger partial charge < -0.3 is 14.8 Å². The first-order chi connectivity index (χ1) is 9.49. The number of methoxy groups -OCH3 is 2. The van der Waals surface area contributed by atoms with Crippen LogP contribution in [0.3, 0.4) is 0 Å². The summed E-state index contributed by atoms with van der Waals surface area (Å²) in [7, 11) is 2.73. The molecule has 0 aliphatic carbocycles. The quantitative estimate of drug-likeness (QED) is 0.797. The summed E-state index contributed by atoms with van der Waals surface area (Å²) in [4.78, 5) is 27.8. The Labute approximate surface area is 118 Å². The zero-order chi connectivity index (χ0) is 15.1. The van der Waals surface area contributed by atoms with Crippen LogP contribution in [0, 0.1) is 5.92 Å². The van der Waals surface area contributed by atoms with E-state index in [4.69, 9.17) is 9.47 Å². The number of nitrogens with one attached hydrogen (secondary N) is 1. The van der Waals surface area contributed by atoms with Crippen LogP contribution in [-0.4, -0.2) is 37.1 Å². The van der Waals surface area contributed by atoms with Gasteiger partial charge >= 0.3 is 5.97 Å². The van der Waals surface area contributed by atoms with Crippen LogP contribution in [0.1, 0.15) is 30.6 Å². The highest BCUT2D eigenvalue weighted by Crippen LogP contribution is 2.14. The van der Waals surface area contributed by atoms with Crippen LogP contribution < -0.4 is 10.1 Å². The zero-order valence-electron chi connectivity index (χ0n) is 12.2. The highest BCUT2D eigenvalue weighted by molar-refractivity contribution is 5.98. The van der Waals surface area contributed by atoms with Crippen LogP contribution >= 0.6 is 0 Å². The van der Waals surface area contributed by atoms with Gasteiger partial charge in [-0.15, -0.1) is 0 Å². The van der Waals surface area contributed by atoms with Crippen LogP contribution in [0.25, 0.3) is 0 Å². The van der Waals surface area contributed by atoms with Crippen molar-refractivity contribution >= 4 is 11.9 Å². The number of ether oxygens (including phenoxy) is 2. The van der Waals surface area contributed by atoms with Gasteiger partial charge in [0.05, 0.1) is 14.2 Å². The van der Waals surface area contributed by atoms with Crippen LogP contribution in [-0.2, 0) is 9.53 Å². The molecule has 0 saturated carbocycles. The highest BCUT2D eigenvalue weighted by Gasteiger charge is 2.24. The van der Waals surface area contributed by atoms with E-state index in [0.29, 0.717) is 6.42 Å². The normalized spacial score (nSPS) is 11.8. The predicted octanol–water partition coefficient (Wildman–Crippen LogP) is 1.41. The molecule has 0 aliphatic heterocycles. The van der Waals surface area contributed by atoms with E-state index in [-0.39, 0.29) is 17.4 Å². The van der Waals surface area contributed by atoms with Crippen LogP contribution in [0.2, 0.25) is 0 Å². The topological polar surface area (TPSA) is 77.5 Å². The van der Waals surface area contributed by atoms with Gasteiger partial charge in [0.1, 0.15) is 11.6 Å². The molecule has 20 heavy (non-hydrogen) atoms. The molecule has 6 heteroatoms. The van der Waals surface area contributed by atoms with Crippen molar-refractivity contribution < 1.29 is 19.1 Å². The van der Waals surface area contributed by atoms with Gasteiger partial charge in [0.15, 0.2) is 0 Å². The maximum atomic E-state index is 12.2. The summed E-state index contributed by atoms with van der Waals surface area (Å²) in [6.45, 7) is 3.93. The van der Waals surface area contributed by atoms with E-state index >= 15 is 0 Å². The summed E-state index contributed by atoms with van der Waals surface area (Å²) >= 11 is 0. The monoisotopic (exact) mass is 280 g/mol. The van der Waals surface area contributed by atoms with Crippen molar-refractivity contribution in [1.82, 2.24) is 10.3 Å². The van der Waals surface area contributed by atoms with Gasteiger partial charge in [-0.05, 0) is 24.5 Å². The fourth-order valence-corrected chi connectivity index (χ4v) is 1.79. The highest BCUT2D eigenvalue weighted by atomic mass is 16.5. The van der Waals surface area contributed by atoms with E-state index < -0.39 is 17.9 Å². The second-order valence-corrected chi connectivity index (χ2v) is 4.74. The van der Waals surface area contributed by atoms with E-state index in [1.165, 1.54) is 20.4 Å². The number of carbonyl (C=O) groups is 2. The molecule has 1 N–H and O–H groups in total. The van der Waals surface area contributed by atoms with E-state index in [1.807, 2.05) is 13.8 Å². The molecule has 0 aromatic carbocycles. The van der Waals surface area contributed by atoms with E-state index in [2.05, 4.69) is 10.3 Å². The molecule has 1 rings (SSSR count). The van der Waals surface area contributed by atoms with Crippen molar-refractivity contribution in [2.75, 3.05) is 14.2 Å². The Bertz CT molecular complexity index is 474. The first-order valence-corrected chi connectivity index (χ1v) is 6.37. The molecule has 1 heterocycles. The Morgan fingerprint density at radius 2 is 2.05 bits per heavy atom. The summed E-state index contributed by atoms with van der Waals surface area (Å²) < 4.78 is 9.73. The van der Waals surface area contributed by atoms with Gasteiger partial charge in [-0.1, -0.05) is 13.8 Å². The second-order valence-electron chi connectivity index (χ2n) is 4.74. The Hall–Kier alpha value is -2.11. The van der Waals surface area contributed by atoms with Crippen LogP contribution in [0.4, 0.5) is 0 Å². The molecule has 1 aromatic rings. The van der Waals surface area contributed by atoms with Gasteiger partial charge in [-0.2, -0.15) is 0 Å². The second kappa shape index (κ2) is 7.47. The third-order valence-electron chi connectivity index (χ3n) is 2.71. The minimum Gasteiger partial charge on any atom is -0.480 e. The molecule has 0 spiro atoms. The maximum absolute atomic E-state index is 12.2. The maximum Gasteiger partial charge on any atom is 0.328 e. The van der Waals surface area contributed by atoms with E-state index in [0.717, 1.165) is 0 Å². The van der Waals surface area contributed by atoms with Crippen molar-refractivity contribution in [3.05, 3.63) is 23.9 Å². The summed E-state index contributed by atoms with van der Waals surface area (Å²) in [5.41, 5.74) is 0.285. The smallest absolute Gasteiger partial charge is 0.328 e. The minimum atomic E-state index is -0.683. The number of rotatable bonds is 6. The molecular formula is C14H20N2O4. The molecule has 1 atom stereocenters. The molecule has 0 aliphatic rings. The zero-order valence-corrected chi connectivity index (χ0v) is 12.2. The molecular weight excluding hydrogens is 260 g/mol. The number of nitrogens with zero attached hydrogens (tertiary/aromatic N) is 1. The number of hydrogen-bond donors (Lipinski definition) is 1. The van der Waals surface area contributed by atoms with Crippen LogP contribution in [0.5, 0.6) is 5.88 Å². The number of aromatic nitrogens is 1. The lowest BCUT2D eigenvalue weighted by atomic mass is 10.0. The van der Waals surface area contributed by atoms with Gasteiger partial charge in [-0.25, -0.2) is 9.78 Å². The molecule has 110 valence electrons. The Morgan fingerprint density at radius 3 is 2.60 bits per heavy atom. The van der Waals surface area contributed by atoms with Crippen molar-refractivity contribution in [3.63, 3.8) is 0 Å². The molecule has 0 bridgehead atoms. The van der Waals surface area contributed by atoms with Gasteiger partial charge in [0.25, 0.3) is 5.91 Å². The van der Waals surface area contributed by atoms with Gasteiger partial charge in [0, 0.05) is 6.20 Å². The van der Waals surface area contributed by atoms with Gasteiger partial charge in [0.2, 0.25) is 5.88 Å². The molecule has 0 saturated heterocycles. The Morgan fingerprint density at radius 1 is 1.35 bits per heavy atom. The fraction of sp³-hybridized carbons (Fsp3) is 0.500. The molecule has 6 nitrogen and oxygen atoms in total. The average molecular weight is 280 g/mol. The predicted molar refractivity (Wildman–Crippen MR) is 73.5 cm³/mol. The lowest BCUT2D eigenvalue weighted by Crippen LogP contribution is -2.42. The molecule has 1 amide bonds. The van der Waals surface area contributed by atoms with Crippen molar-refractivity contribution in [3.8, 4) is 5.88 Å². The molecule has 1 aromatic heterocycles. The number of pyridine rings is 1. The van der Waals surface area contributed by atoms with E-state index in [1.54, 1.807) is 12.1 Å². The summed E-state index contributed by atoms with van der Waals surface area (Å²) in [5, 5.41) is 2.66. The third kappa shape index (κ3) is 4.22. The largest absolute Gasteiger partial charge is 0.480 e. The summed E-state index contributed by atoms with van der Waals surface area (Å²) in [5.74, 6) is -0.408. The lowest BCUT2D eigenvalue weighted by molar-refractivity contribution is -0.143. The molecule has 1 unspecified atom stereocenters. The first-order valence-electron chi connectivity index (χ1n) is 6.37. The Balaban J connectivity index is 2.87. The first kappa shape index (κ1) is 15.9. The molecule has 0 radical (unpaired) electrons. The number of amides is 1. The third-order valence-corrected chi connectivity index (χ3v) is 2.71. The van der Waals surface area contributed by atoms with Crippen LogP contribution in [0.15, 0.2) is 18.3 Å². The van der Waals surface area contributed by atoms with Crippen molar-refractivity contribution in [2.24, 2.45) is 5.92 Å². The minimum absolute atomic E-state index is 0.221. The standard InChI is InChI=1S/C14H20N2O4/c1-9(2)8-11(14(18)20-4)16-12(17)10-6-5-7-15-13(10)19-3/h5-7,9,11H,8H2,1-4H3,(H,16,17). The van der Waals surface area contributed by atoms with Gasteiger partial charge in [-0.3, -0.25) is 4.79 Å². The average Bonchev–Trinajstić information content (AvgIpc) is 2.45. The summed E-state index contributed by atoms with van der Waals surface area (Å²) in [6, 6.07) is 2.54. The summed E-state index contributed by atoms with van der Waals surface area (Å²) in [6.07, 6.45) is 2.03. The number of hydrogen-bond acceptors (Lipinski definition) is 5. The number of esters is 1.